The van der Waals surface area contributed by atoms with Gasteiger partial charge in [0, 0.05) is 19.1 Å². The van der Waals surface area contributed by atoms with E-state index in [-0.39, 0.29) is 5.69 Å². The van der Waals surface area contributed by atoms with Crippen molar-refractivity contribution in [3.05, 3.63) is 18.1 Å². The fourth-order valence-electron chi connectivity index (χ4n) is 1.52. The Bertz CT molecular complexity index is 360. The molecule has 1 aliphatic heterocycles. The normalized spacial score (nSPS) is 19.6. The van der Waals surface area contributed by atoms with Crippen LogP contribution in [0.25, 0.3) is 0 Å². The molecular weight excluding hydrogens is 210 g/mol. The van der Waals surface area contributed by atoms with Crippen molar-refractivity contribution in [3.8, 4) is 0 Å². The maximum absolute atomic E-state index is 10.5. The van der Waals surface area contributed by atoms with E-state index in [1.807, 2.05) is 0 Å². The quantitative estimate of drug-likeness (QED) is 0.778. The summed E-state index contributed by atoms with van der Waals surface area (Å²) >= 11 is 0. The van der Waals surface area contributed by atoms with Crippen LogP contribution < -0.4 is 5.32 Å². The molecular formula is C10H13N3O3. The third kappa shape index (κ3) is 2.66. The summed E-state index contributed by atoms with van der Waals surface area (Å²) in [5, 5.41) is 11.7. The second-order valence-corrected chi connectivity index (χ2v) is 3.70. The second-order valence-electron chi connectivity index (χ2n) is 3.70. The highest BCUT2D eigenvalue weighted by Gasteiger charge is 2.15. The second kappa shape index (κ2) is 4.89. The van der Waals surface area contributed by atoms with E-state index in [1.54, 1.807) is 0 Å². The number of carboxylic acids is 1. The van der Waals surface area contributed by atoms with Crippen LogP contribution in [0.2, 0.25) is 0 Å². The first-order valence-corrected chi connectivity index (χ1v) is 5.12. The molecule has 0 radical (unpaired) electrons. The summed E-state index contributed by atoms with van der Waals surface area (Å²) in [7, 11) is 0. The van der Waals surface area contributed by atoms with Crippen molar-refractivity contribution >= 4 is 11.8 Å². The van der Waals surface area contributed by atoms with Crippen molar-refractivity contribution in [2.24, 2.45) is 5.92 Å². The highest BCUT2D eigenvalue weighted by molar-refractivity contribution is 5.84. The molecule has 1 unspecified atom stereocenters. The van der Waals surface area contributed by atoms with Gasteiger partial charge in [-0.15, -0.1) is 0 Å². The van der Waals surface area contributed by atoms with E-state index >= 15 is 0 Å². The molecule has 1 aromatic heterocycles. The Balaban J connectivity index is 1.87. The van der Waals surface area contributed by atoms with Gasteiger partial charge >= 0.3 is 5.97 Å². The van der Waals surface area contributed by atoms with E-state index in [2.05, 4.69) is 15.3 Å². The number of hydrogen-bond acceptors (Lipinski definition) is 5. The third-order valence-electron chi connectivity index (χ3n) is 2.47. The van der Waals surface area contributed by atoms with Crippen LogP contribution in [0.3, 0.4) is 0 Å². The van der Waals surface area contributed by atoms with Crippen molar-refractivity contribution < 1.29 is 14.6 Å². The third-order valence-corrected chi connectivity index (χ3v) is 2.47. The van der Waals surface area contributed by atoms with E-state index in [9.17, 15) is 4.79 Å². The lowest BCUT2D eigenvalue weighted by atomic mass is 10.1. The fourth-order valence-corrected chi connectivity index (χ4v) is 1.52. The number of aromatic nitrogens is 2. The summed E-state index contributed by atoms with van der Waals surface area (Å²) < 4.78 is 5.24. The van der Waals surface area contributed by atoms with Crippen LogP contribution in [0.1, 0.15) is 16.9 Å². The highest BCUT2D eigenvalue weighted by atomic mass is 16.5. The van der Waals surface area contributed by atoms with Gasteiger partial charge in [0.25, 0.3) is 0 Å². The molecule has 0 aromatic carbocycles. The number of carbonyl (C=O) groups is 1. The molecule has 6 nitrogen and oxygen atoms in total. The first-order valence-electron chi connectivity index (χ1n) is 5.12. The molecule has 0 spiro atoms. The van der Waals surface area contributed by atoms with Crippen LogP contribution in [0.4, 0.5) is 5.82 Å². The molecule has 1 aromatic rings. The lowest BCUT2D eigenvalue weighted by molar-refractivity contribution is 0.0690. The summed E-state index contributed by atoms with van der Waals surface area (Å²) in [5.41, 5.74) is -0.0465. The van der Waals surface area contributed by atoms with Gasteiger partial charge < -0.3 is 15.2 Å². The summed E-state index contributed by atoms with van der Waals surface area (Å²) in [6, 6.07) is 0. The number of nitrogens with one attached hydrogen (secondary N) is 1. The molecule has 0 bridgehead atoms. The van der Waals surface area contributed by atoms with Gasteiger partial charge in [0.15, 0.2) is 5.69 Å². The van der Waals surface area contributed by atoms with Crippen LogP contribution >= 0.6 is 0 Å². The zero-order valence-corrected chi connectivity index (χ0v) is 8.72. The molecule has 0 saturated carbocycles. The van der Waals surface area contributed by atoms with Gasteiger partial charge in [-0.05, 0) is 6.42 Å². The minimum absolute atomic E-state index is 0.0465. The first-order chi connectivity index (χ1) is 7.75. The van der Waals surface area contributed by atoms with E-state index in [4.69, 9.17) is 9.84 Å². The standard InChI is InChI=1S/C10H13N3O3/c14-10(15)8-4-13-9(5-11-8)12-3-7-1-2-16-6-7/h4-5,7H,1-3,6H2,(H,12,13)(H,14,15). The maximum atomic E-state index is 10.5. The lowest BCUT2D eigenvalue weighted by Gasteiger charge is -2.09. The zero-order chi connectivity index (χ0) is 11.4. The molecule has 1 fully saturated rings. The van der Waals surface area contributed by atoms with Gasteiger partial charge in [-0.1, -0.05) is 0 Å². The number of nitrogens with zero attached hydrogens (tertiary/aromatic N) is 2. The molecule has 2 N–H and O–H groups in total. The largest absolute Gasteiger partial charge is 0.476 e. The predicted molar refractivity (Wildman–Crippen MR) is 56.4 cm³/mol. The Morgan fingerprint density at radius 2 is 2.44 bits per heavy atom. The zero-order valence-electron chi connectivity index (χ0n) is 8.72. The average molecular weight is 223 g/mol. The van der Waals surface area contributed by atoms with Crippen molar-refractivity contribution in [1.29, 1.82) is 0 Å². The summed E-state index contributed by atoms with van der Waals surface area (Å²) in [6.45, 7) is 2.37. The molecule has 1 saturated heterocycles. The minimum atomic E-state index is -1.07. The van der Waals surface area contributed by atoms with E-state index in [0.717, 1.165) is 26.2 Å². The Labute approximate surface area is 92.7 Å². The molecule has 0 amide bonds. The SMILES string of the molecule is O=C(O)c1cnc(NCC2CCOC2)cn1. The number of hydrogen-bond donors (Lipinski definition) is 2. The molecule has 1 atom stereocenters. The minimum Gasteiger partial charge on any atom is -0.476 e. The van der Waals surface area contributed by atoms with E-state index in [0.29, 0.717) is 11.7 Å². The summed E-state index contributed by atoms with van der Waals surface area (Å²) in [4.78, 5) is 18.3. The Hall–Kier alpha value is -1.69. The monoisotopic (exact) mass is 223 g/mol. The van der Waals surface area contributed by atoms with Gasteiger partial charge in [-0.25, -0.2) is 14.8 Å². The van der Waals surface area contributed by atoms with Crippen molar-refractivity contribution in [2.45, 2.75) is 6.42 Å². The van der Waals surface area contributed by atoms with Gasteiger partial charge in [-0.2, -0.15) is 0 Å². The van der Waals surface area contributed by atoms with Gasteiger partial charge in [0.2, 0.25) is 0 Å². The van der Waals surface area contributed by atoms with Crippen LogP contribution in [0.15, 0.2) is 12.4 Å². The number of carboxylic acid groups (broad SMARTS) is 1. The molecule has 2 heterocycles. The van der Waals surface area contributed by atoms with Crippen LogP contribution in [0, 0.1) is 5.92 Å². The summed E-state index contributed by atoms with van der Waals surface area (Å²) in [5.74, 6) is 0.0288. The van der Waals surface area contributed by atoms with Crippen LogP contribution in [-0.2, 0) is 4.74 Å². The Kier molecular flexibility index (Phi) is 3.31. The highest BCUT2D eigenvalue weighted by Crippen LogP contribution is 2.12. The van der Waals surface area contributed by atoms with E-state index < -0.39 is 5.97 Å². The topological polar surface area (TPSA) is 84.3 Å². The van der Waals surface area contributed by atoms with Gasteiger partial charge in [-0.3, -0.25) is 0 Å². The fraction of sp³-hybridized carbons (Fsp3) is 0.500. The van der Waals surface area contributed by atoms with Crippen molar-refractivity contribution in [1.82, 2.24) is 9.97 Å². The molecule has 1 aliphatic rings. The smallest absolute Gasteiger partial charge is 0.356 e. The molecule has 86 valence electrons. The predicted octanol–water partition coefficient (Wildman–Crippen LogP) is 0.623. The molecule has 2 rings (SSSR count). The number of anilines is 1. The van der Waals surface area contributed by atoms with Gasteiger partial charge in [0.1, 0.15) is 5.82 Å². The number of rotatable bonds is 4. The van der Waals surface area contributed by atoms with Crippen LogP contribution in [-0.4, -0.2) is 40.8 Å². The van der Waals surface area contributed by atoms with Crippen molar-refractivity contribution in [2.75, 3.05) is 25.1 Å². The van der Waals surface area contributed by atoms with Crippen LogP contribution in [0.5, 0.6) is 0 Å². The lowest BCUT2D eigenvalue weighted by Crippen LogP contribution is -2.15. The van der Waals surface area contributed by atoms with Crippen molar-refractivity contribution in [3.63, 3.8) is 0 Å². The van der Waals surface area contributed by atoms with E-state index in [1.165, 1.54) is 12.4 Å². The molecule has 6 heteroatoms. The average Bonchev–Trinajstić information content (AvgIpc) is 2.80. The van der Waals surface area contributed by atoms with Gasteiger partial charge in [0.05, 0.1) is 19.0 Å². The maximum Gasteiger partial charge on any atom is 0.356 e. The Morgan fingerprint density at radius 1 is 1.56 bits per heavy atom. The number of aromatic carboxylic acids is 1. The molecule has 16 heavy (non-hydrogen) atoms. The Morgan fingerprint density at radius 3 is 3.00 bits per heavy atom. The number of ether oxygens (including phenoxy) is 1. The molecule has 0 aliphatic carbocycles. The first kappa shape index (κ1) is 10.8. The summed E-state index contributed by atoms with van der Waals surface area (Å²) in [6.07, 6.45) is 3.72.